The Hall–Kier alpha value is -1.95. The maximum Gasteiger partial charge on any atom is 0.228 e. The van der Waals surface area contributed by atoms with Crippen molar-refractivity contribution in [3.63, 3.8) is 0 Å². The summed E-state index contributed by atoms with van der Waals surface area (Å²) in [5.74, 6) is 0.0959. The molecule has 0 aliphatic carbocycles. The number of nitrogens with one attached hydrogen (secondary N) is 3. The van der Waals surface area contributed by atoms with Crippen LogP contribution in [0.15, 0.2) is 18.2 Å². The van der Waals surface area contributed by atoms with Crippen LogP contribution in [0.25, 0.3) is 11.0 Å². The van der Waals surface area contributed by atoms with Crippen LogP contribution in [-0.2, 0) is 4.79 Å². The van der Waals surface area contributed by atoms with Crippen molar-refractivity contribution in [2.24, 2.45) is 5.92 Å². The standard InChI is InChI=1S/C12H15N5O/c18-12(8-3-2-6-13-7-8)14-9-4-1-5-10-11(9)16-17-15-10/h1,4-5,8,13H,2-3,6-7H2,(H,14,18)(H,15,16,17). The first-order valence-corrected chi connectivity index (χ1v) is 6.15. The van der Waals surface area contributed by atoms with Crippen LogP contribution >= 0.6 is 0 Å². The lowest BCUT2D eigenvalue weighted by molar-refractivity contribution is -0.120. The van der Waals surface area contributed by atoms with E-state index in [4.69, 9.17) is 0 Å². The van der Waals surface area contributed by atoms with Crippen LogP contribution in [0.5, 0.6) is 0 Å². The van der Waals surface area contributed by atoms with Crippen LogP contribution in [0, 0.1) is 5.92 Å². The summed E-state index contributed by atoms with van der Waals surface area (Å²) >= 11 is 0. The fourth-order valence-corrected chi connectivity index (χ4v) is 2.28. The first-order chi connectivity index (χ1) is 8.84. The molecule has 6 nitrogen and oxygen atoms in total. The number of anilines is 1. The van der Waals surface area contributed by atoms with E-state index < -0.39 is 0 Å². The normalized spacial score (nSPS) is 19.9. The molecule has 3 rings (SSSR count). The SMILES string of the molecule is O=C(Nc1cccc2n[nH]nc12)C1CCCNC1. The lowest BCUT2D eigenvalue weighted by Gasteiger charge is -2.21. The van der Waals surface area contributed by atoms with E-state index in [1.54, 1.807) is 0 Å². The molecule has 1 amide bonds. The van der Waals surface area contributed by atoms with Crippen molar-refractivity contribution < 1.29 is 4.79 Å². The fraction of sp³-hybridized carbons (Fsp3) is 0.417. The van der Waals surface area contributed by atoms with Crippen molar-refractivity contribution in [3.05, 3.63) is 18.2 Å². The van der Waals surface area contributed by atoms with E-state index in [0.29, 0.717) is 5.52 Å². The van der Waals surface area contributed by atoms with E-state index in [-0.39, 0.29) is 11.8 Å². The lowest BCUT2D eigenvalue weighted by atomic mass is 9.99. The second kappa shape index (κ2) is 4.73. The highest BCUT2D eigenvalue weighted by atomic mass is 16.1. The molecule has 0 radical (unpaired) electrons. The number of rotatable bonds is 2. The third-order valence-corrected chi connectivity index (χ3v) is 3.27. The Morgan fingerprint density at radius 1 is 1.39 bits per heavy atom. The predicted octanol–water partition coefficient (Wildman–Crippen LogP) is 0.896. The van der Waals surface area contributed by atoms with Crippen LogP contribution in [0.4, 0.5) is 5.69 Å². The summed E-state index contributed by atoms with van der Waals surface area (Å²) in [5.41, 5.74) is 2.18. The fourth-order valence-electron chi connectivity index (χ4n) is 2.28. The Kier molecular flexibility index (Phi) is 2.93. The number of para-hydroxylation sites is 1. The predicted molar refractivity (Wildman–Crippen MR) is 68.1 cm³/mol. The van der Waals surface area contributed by atoms with Crippen LogP contribution in [0.2, 0.25) is 0 Å². The molecular formula is C12H15N5O. The minimum absolute atomic E-state index is 0.0425. The zero-order valence-corrected chi connectivity index (χ0v) is 9.94. The average Bonchev–Trinajstić information content (AvgIpc) is 2.89. The molecule has 94 valence electrons. The molecule has 6 heteroatoms. The number of fused-ring (bicyclic) bond motifs is 1. The van der Waals surface area contributed by atoms with Crippen molar-refractivity contribution in [2.45, 2.75) is 12.8 Å². The summed E-state index contributed by atoms with van der Waals surface area (Å²) in [6, 6.07) is 5.56. The van der Waals surface area contributed by atoms with Crippen LogP contribution in [0.1, 0.15) is 12.8 Å². The number of amides is 1. The number of benzene rings is 1. The minimum atomic E-state index is 0.0425. The number of carbonyl (C=O) groups excluding carboxylic acids is 1. The highest BCUT2D eigenvalue weighted by Crippen LogP contribution is 2.20. The van der Waals surface area contributed by atoms with Gasteiger partial charge in [-0.15, -0.1) is 0 Å². The van der Waals surface area contributed by atoms with Crippen molar-refractivity contribution in [1.82, 2.24) is 20.7 Å². The van der Waals surface area contributed by atoms with Crippen molar-refractivity contribution in [3.8, 4) is 0 Å². The maximum absolute atomic E-state index is 12.1. The number of hydrogen-bond donors (Lipinski definition) is 3. The average molecular weight is 245 g/mol. The number of aromatic amines is 1. The monoisotopic (exact) mass is 245 g/mol. The number of hydrogen-bond acceptors (Lipinski definition) is 4. The minimum Gasteiger partial charge on any atom is -0.324 e. The summed E-state index contributed by atoms with van der Waals surface area (Å²) in [7, 11) is 0. The molecule has 2 heterocycles. The van der Waals surface area contributed by atoms with Crippen LogP contribution in [-0.4, -0.2) is 34.4 Å². The molecule has 18 heavy (non-hydrogen) atoms. The van der Waals surface area contributed by atoms with E-state index in [9.17, 15) is 4.79 Å². The number of H-pyrrole nitrogens is 1. The molecule has 1 aliphatic rings. The van der Waals surface area contributed by atoms with Crippen molar-refractivity contribution in [2.75, 3.05) is 18.4 Å². The zero-order valence-electron chi connectivity index (χ0n) is 9.94. The topological polar surface area (TPSA) is 82.7 Å². The van der Waals surface area contributed by atoms with Gasteiger partial charge in [0.25, 0.3) is 0 Å². The molecule has 1 aromatic carbocycles. The van der Waals surface area contributed by atoms with Gasteiger partial charge in [0.15, 0.2) is 0 Å². The molecule has 1 aliphatic heterocycles. The van der Waals surface area contributed by atoms with E-state index in [1.165, 1.54) is 0 Å². The number of nitrogens with zero attached hydrogens (tertiary/aromatic N) is 2. The van der Waals surface area contributed by atoms with Gasteiger partial charge in [0.2, 0.25) is 5.91 Å². The number of carbonyl (C=O) groups is 1. The van der Waals surface area contributed by atoms with Gasteiger partial charge in [-0.05, 0) is 31.5 Å². The number of aromatic nitrogens is 3. The molecule has 1 aromatic heterocycles. The second-order valence-corrected chi connectivity index (χ2v) is 4.53. The molecule has 0 saturated carbocycles. The van der Waals surface area contributed by atoms with Gasteiger partial charge in [0, 0.05) is 6.54 Å². The summed E-state index contributed by atoms with van der Waals surface area (Å²) in [6.07, 6.45) is 1.99. The first-order valence-electron chi connectivity index (χ1n) is 6.15. The molecule has 1 atom stereocenters. The lowest BCUT2D eigenvalue weighted by Crippen LogP contribution is -2.37. The Morgan fingerprint density at radius 3 is 3.17 bits per heavy atom. The molecular weight excluding hydrogens is 230 g/mol. The third kappa shape index (κ3) is 2.06. The first kappa shape index (κ1) is 11.2. The summed E-state index contributed by atoms with van der Waals surface area (Å²) in [5, 5.41) is 16.8. The van der Waals surface area contributed by atoms with Gasteiger partial charge in [-0.25, -0.2) is 0 Å². The van der Waals surface area contributed by atoms with Gasteiger partial charge in [-0.1, -0.05) is 6.07 Å². The summed E-state index contributed by atoms with van der Waals surface area (Å²) in [4.78, 5) is 12.1. The molecule has 0 bridgehead atoms. The van der Waals surface area contributed by atoms with E-state index >= 15 is 0 Å². The Morgan fingerprint density at radius 2 is 2.33 bits per heavy atom. The maximum atomic E-state index is 12.1. The van der Waals surface area contributed by atoms with Gasteiger partial charge < -0.3 is 10.6 Å². The molecule has 1 unspecified atom stereocenters. The summed E-state index contributed by atoms with van der Waals surface area (Å²) in [6.45, 7) is 1.75. The molecule has 1 fully saturated rings. The summed E-state index contributed by atoms with van der Waals surface area (Å²) < 4.78 is 0. The Balaban J connectivity index is 1.79. The smallest absolute Gasteiger partial charge is 0.228 e. The van der Waals surface area contributed by atoms with E-state index in [1.807, 2.05) is 18.2 Å². The molecule has 1 saturated heterocycles. The molecule has 2 aromatic rings. The van der Waals surface area contributed by atoms with Gasteiger partial charge >= 0.3 is 0 Å². The highest BCUT2D eigenvalue weighted by molar-refractivity contribution is 6.00. The quantitative estimate of drug-likeness (QED) is 0.734. The Bertz CT molecular complexity index is 558. The largest absolute Gasteiger partial charge is 0.324 e. The molecule has 0 spiro atoms. The van der Waals surface area contributed by atoms with Crippen LogP contribution in [0.3, 0.4) is 0 Å². The van der Waals surface area contributed by atoms with Crippen molar-refractivity contribution in [1.29, 1.82) is 0 Å². The van der Waals surface area contributed by atoms with Crippen molar-refractivity contribution >= 4 is 22.6 Å². The zero-order chi connectivity index (χ0) is 12.4. The Labute approximate surface area is 104 Å². The van der Waals surface area contributed by atoms with E-state index in [2.05, 4.69) is 26.0 Å². The third-order valence-electron chi connectivity index (χ3n) is 3.27. The molecule has 3 N–H and O–H groups in total. The van der Waals surface area contributed by atoms with Gasteiger partial charge in [0.05, 0.1) is 11.6 Å². The van der Waals surface area contributed by atoms with Gasteiger partial charge in [-0.2, -0.15) is 15.4 Å². The highest BCUT2D eigenvalue weighted by Gasteiger charge is 2.21. The van der Waals surface area contributed by atoms with Gasteiger partial charge in [-0.3, -0.25) is 4.79 Å². The van der Waals surface area contributed by atoms with E-state index in [0.717, 1.165) is 37.1 Å². The van der Waals surface area contributed by atoms with Crippen LogP contribution < -0.4 is 10.6 Å². The number of piperidine rings is 1. The second-order valence-electron chi connectivity index (χ2n) is 4.53. The van der Waals surface area contributed by atoms with Gasteiger partial charge in [0.1, 0.15) is 11.0 Å².